The number of aryl methyl sites for hydroxylation is 1. The van der Waals surface area contributed by atoms with Crippen molar-refractivity contribution in [1.82, 2.24) is 9.97 Å². The van der Waals surface area contributed by atoms with E-state index in [0.29, 0.717) is 11.0 Å². The molecule has 0 bridgehead atoms. The molecular formula is C12H18ClIN2O. The van der Waals surface area contributed by atoms with Crippen molar-refractivity contribution in [2.24, 2.45) is 5.41 Å². The van der Waals surface area contributed by atoms with Crippen molar-refractivity contribution >= 4 is 34.2 Å². The molecule has 5 heteroatoms. The second kappa shape index (κ2) is 5.80. The molecule has 1 rings (SSSR count). The fourth-order valence-corrected chi connectivity index (χ4v) is 2.50. The molecule has 1 aromatic heterocycles. The maximum Gasteiger partial charge on any atom is 0.159 e. The SMILES string of the molecule is CCc1nc(C(OC)C(C)(C)C)nc(Cl)c1I. The summed E-state index contributed by atoms with van der Waals surface area (Å²) in [5.41, 5.74) is 0.919. The molecule has 96 valence electrons. The molecule has 1 heterocycles. The smallest absolute Gasteiger partial charge is 0.159 e. The van der Waals surface area contributed by atoms with E-state index >= 15 is 0 Å². The van der Waals surface area contributed by atoms with Gasteiger partial charge in [0, 0.05) is 7.11 Å². The molecule has 17 heavy (non-hydrogen) atoms. The van der Waals surface area contributed by atoms with Crippen LogP contribution in [0.1, 0.15) is 45.3 Å². The lowest BCUT2D eigenvalue weighted by molar-refractivity contribution is 0.00849. The maximum atomic E-state index is 6.13. The van der Waals surface area contributed by atoms with Crippen molar-refractivity contribution in [3.8, 4) is 0 Å². The van der Waals surface area contributed by atoms with Crippen LogP contribution in [0.2, 0.25) is 5.15 Å². The predicted molar refractivity (Wildman–Crippen MR) is 78.3 cm³/mol. The van der Waals surface area contributed by atoms with Crippen LogP contribution in [0.4, 0.5) is 0 Å². The zero-order valence-corrected chi connectivity index (χ0v) is 13.8. The number of rotatable bonds is 3. The number of hydrogen-bond acceptors (Lipinski definition) is 3. The molecule has 0 fully saturated rings. The molecule has 0 N–H and O–H groups in total. The highest BCUT2D eigenvalue weighted by Gasteiger charge is 2.29. The van der Waals surface area contributed by atoms with E-state index in [1.807, 2.05) is 0 Å². The Morgan fingerprint density at radius 2 is 1.94 bits per heavy atom. The molecule has 1 atom stereocenters. The standard InChI is InChI=1S/C12H18ClIN2O/c1-6-7-8(14)10(13)16-11(15-7)9(17-5)12(2,3)4/h9H,6H2,1-5H3. The number of nitrogens with zero attached hydrogens (tertiary/aromatic N) is 2. The molecule has 0 aliphatic rings. The Morgan fingerprint density at radius 3 is 2.35 bits per heavy atom. The van der Waals surface area contributed by atoms with Gasteiger partial charge in [0.1, 0.15) is 11.3 Å². The molecule has 0 saturated heterocycles. The molecule has 0 aliphatic carbocycles. The number of ether oxygens (including phenoxy) is 1. The summed E-state index contributed by atoms with van der Waals surface area (Å²) in [5, 5.41) is 0.513. The summed E-state index contributed by atoms with van der Waals surface area (Å²) in [7, 11) is 1.68. The second-order valence-corrected chi connectivity index (χ2v) is 6.41. The average Bonchev–Trinajstić information content (AvgIpc) is 2.21. The zero-order chi connectivity index (χ0) is 13.2. The minimum atomic E-state index is -0.151. The molecule has 0 aromatic carbocycles. The van der Waals surface area contributed by atoms with Gasteiger partial charge < -0.3 is 4.74 Å². The van der Waals surface area contributed by atoms with Crippen LogP contribution in [-0.2, 0) is 11.2 Å². The number of aromatic nitrogens is 2. The summed E-state index contributed by atoms with van der Waals surface area (Å²) in [6.45, 7) is 8.36. The van der Waals surface area contributed by atoms with Gasteiger partial charge >= 0.3 is 0 Å². The molecular weight excluding hydrogens is 351 g/mol. The van der Waals surface area contributed by atoms with Crippen LogP contribution in [0.25, 0.3) is 0 Å². The monoisotopic (exact) mass is 368 g/mol. The van der Waals surface area contributed by atoms with Gasteiger partial charge in [-0.3, -0.25) is 0 Å². The van der Waals surface area contributed by atoms with Gasteiger partial charge in [0.15, 0.2) is 5.82 Å². The van der Waals surface area contributed by atoms with E-state index in [-0.39, 0.29) is 11.5 Å². The maximum absolute atomic E-state index is 6.13. The van der Waals surface area contributed by atoms with Gasteiger partial charge in [0.05, 0.1) is 9.26 Å². The Hall–Kier alpha value is 0.0600. The van der Waals surface area contributed by atoms with Crippen molar-refractivity contribution in [3.63, 3.8) is 0 Å². The van der Waals surface area contributed by atoms with Crippen molar-refractivity contribution in [2.45, 2.75) is 40.2 Å². The predicted octanol–water partition coefficient (Wildman–Crippen LogP) is 4.03. The van der Waals surface area contributed by atoms with Gasteiger partial charge in [-0.15, -0.1) is 0 Å². The van der Waals surface area contributed by atoms with Crippen LogP contribution < -0.4 is 0 Å². The summed E-state index contributed by atoms with van der Waals surface area (Å²) in [6.07, 6.45) is 0.691. The van der Waals surface area contributed by atoms with Gasteiger partial charge in [0.25, 0.3) is 0 Å². The summed E-state index contributed by atoms with van der Waals surface area (Å²) in [4.78, 5) is 8.90. The van der Waals surface area contributed by atoms with E-state index in [9.17, 15) is 0 Å². The lowest BCUT2D eigenvalue weighted by atomic mass is 9.88. The zero-order valence-electron chi connectivity index (χ0n) is 10.8. The lowest BCUT2D eigenvalue weighted by Crippen LogP contribution is -2.23. The van der Waals surface area contributed by atoms with Gasteiger partial charge in [-0.25, -0.2) is 9.97 Å². The van der Waals surface area contributed by atoms with Crippen LogP contribution in [0.3, 0.4) is 0 Å². The first-order chi connectivity index (χ1) is 7.81. The molecule has 0 spiro atoms. The van der Waals surface area contributed by atoms with Gasteiger partial charge in [-0.1, -0.05) is 39.3 Å². The average molecular weight is 369 g/mol. The van der Waals surface area contributed by atoms with Crippen LogP contribution in [-0.4, -0.2) is 17.1 Å². The first-order valence-corrected chi connectivity index (χ1v) is 7.01. The molecule has 0 aliphatic heterocycles. The van der Waals surface area contributed by atoms with Crippen molar-refractivity contribution in [3.05, 3.63) is 20.2 Å². The molecule has 0 radical (unpaired) electrons. The highest BCUT2D eigenvalue weighted by molar-refractivity contribution is 14.1. The third-order valence-electron chi connectivity index (χ3n) is 2.49. The van der Waals surface area contributed by atoms with Crippen molar-refractivity contribution in [1.29, 1.82) is 0 Å². The molecule has 1 aromatic rings. The number of halogens is 2. The fourth-order valence-electron chi connectivity index (χ4n) is 1.68. The summed E-state index contributed by atoms with van der Waals surface area (Å²) in [6, 6.07) is 0. The van der Waals surface area contributed by atoms with Crippen LogP contribution in [0.15, 0.2) is 0 Å². The Kier molecular flexibility index (Phi) is 5.16. The van der Waals surface area contributed by atoms with E-state index in [1.165, 1.54) is 0 Å². The van der Waals surface area contributed by atoms with Crippen LogP contribution in [0, 0.1) is 8.99 Å². The highest BCUT2D eigenvalue weighted by atomic mass is 127. The van der Waals surface area contributed by atoms with E-state index in [2.05, 4.69) is 60.3 Å². The van der Waals surface area contributed by atoms with Crippen molar-refractivity contribution in [2.75, 3.05) is 7.11 Å². The second-order valence-electron chi connectivity index (χ2n) is 4.97. The Labute approximate surface area is 121 Å². The number of methoxy groups -OCH3 is 1. The fraction of sp³-hybridized carbons (Fsp3) is 0.667. The first-order valence-electron chi connectivity index (χ1n) is 5.55. The molecule has 1 unspecified atom stereocenters. The number of hydrogen-bond donors (Lipinski definition) is 0. The Bertz CT molecular complexity index is 404. The Morgan fingerprint density at radius 1 is 1.35 bits per heavy atom. The minimum absolute atomic E-state index is 0.0596. The van der Waals surface area contributed by atoms with E-state index in [4.69, 9.17) is 16.3 Å². The Balaban J connectivity index is 3.26. The van der Waals surface area contributed by atoms with E-state index < -0.39 is 0 Å². The highest BCUT2D eigenvalue weighted by Crippen LogP contribution is 2.35. The summed E-state index contributed by atoms with van der Waals surface area (Å²) in [5.74, 6) is 0.669. The normalized spacial score (nSPS) is 13.8. The van der Waals surface area contributed by atoms with Crippen LogP contribution >= 0.6 is 34.2 Å². The van der Waals surface area contributed by atoms with Gasteiger partial charge in [-0.2, -0.15) is 0 Å². The minimum Gasteiger partial charge on any atom is -0.373 e. The van der Waals surface area contributed by atoms with Gasteiger partial charge in [-0.05, 0) is 34.4 Å². The summed E-state index contributed by atoms with van der Waals surface area (Å²) < 4.78 is 6.44. The molecule has 3 nitrogen and oxygen atoms in total. The van der Waals surface area contributed by atoms with E-state index in [1.54, 1.807) is 7.11 Å². The van der Waals surface area contributed by atoms with Crippen LogP contribution in [0.5, 0.6) is 0 Å². The largest absolute Gasteiger partial charge is 0.373 e. The van der Waals surface area contributed by atoms with Gasteiger partial charge in [0.2, 0.25) is 0 Å². The first kappa shape index (κ1) is 15.1. The molecule has 0 amide bonds. The van der Waals surface area contributed by atoms with E-state index in [0.717, 1.165) is 15.7 Å². The van der Waals surface area contributed by atoms with Crippen molar-refractivity contribution < 1.29 is 4.74 Å². The topological polar surface area (TPSA) is 35.0 Å². The quantitative estimate of drug-likeness (QED) is 0.597. The summed E-state index contributed by atoms with van der Waals surface area (Å²) >= 11 is 8.31. The molecule has 0 saturated carbocycles. The lowest BCUT2D eigenvalue weighted by Gasteiger charge is -2.28. The third kappa shape index (κ3) is 3.51. The third-order valence-corrected chi connectivity index (χ3v) is 4.21.